The number of nitrogens with zero attached hydrogens (tertiary/aromatic N) is 1. The van der Waals surface area contributed by atoms with Crippen LogP contribution in [0, 0.1) is 0 Å². The smallest absolute Gasteiger partial charge is 0.0807 e. The van der Waals surface area contributed by atoms with Gasteiger partial charge in [0.1, 0.15) is 0 Å². The lowest BCUT2D eigenvalue weighted by atomic mass is 9.95. The molecule has 1 aliphatic rings. The fourth-order valence-corrected chi connectivity index (χ4v) is 3.31. The maximum absolute atomic E-state index is 10.0. The molecule has 0 bridgehead atoms. The van der Waals surface area contributed by atoms with Crippen LogP contribution in [-0.4, -0.2) is 9.67 Å². The third-order valence-electron chi connectivity index (χ3n) is 4.08. The fraction of sp³-hybridized carbons (Fsp3) is 0.375. The second-order valence-corrected chi connectivity index (χ2v) is 5.64. The van der Waals surface area contributed by atoms with E-state index in [9.17, 15) is 5.11 Å². The quantitative estimate of drug-likeness (QED) is 0.876. The van der Waals surface area contributed by atoms with E-state index in [2.05, 4.69) is 23.8 Å². The SMILES string of the molecule is CC(c1ccccc1Cl)n1ccc2c1CCCC2O. The highest BCUT2D eigenvalue weighted by molar-refractivity contribution is 6.31. The first-order valence-corrected chi connectivity index (χ1v) is 7.18. The summed E-state index contributed by atoms with van der Waals surface area (Å²) in [5, 5.41) is 10.8. The monoisotopic (exact) mass is 275 g/mol. The maximum atomic E-state index is 10.0. The minimum Gasteiger partial charge on any atom is -0.388 e. The van der Waals surface area contributed by atoms with E-state index in [1.807, 2.05) is 24.3 Å². The van der Waals surface area contributed by atoms with Gasteiger partial charge in [-0.3, -0.25) is 0 Å². The summed E-state index contributed by atoms with van der Waals surface area (Å²) in [5.41, 5.74) is 3.47. The van der Waals surface area contributed by atoms with E-state index in [1.54, 1.807) is 0 Å². The molecule has 1 heterocycles. The van der Waals surface area contributed by atoms with Crippen LogP contribution >= 0.6 is 11.6 Å². The number of benzene rings is 1. The lowest BCUT2D eigenvalue weighted by Gasteiger charge is -2.24. The average molecular weight is 276 g/mol. The lowest BCUT2D eigenvalue weighted by molar-refractivity contribution is 0.155. The number of aliphatic hydroxyl groups excluding tert-OH is 1. The van der Waals surface area contributed by atoms with Crippen molar-refractivity contribution in [3.8, 4) is 0 Å². The predicted molar refractivity (Wildman–Crippen MR) is 77.6 cm³/mol. The molecule has 1 N–H and O–H groups in total. The van der Waals surface area contributed by atoms with Crippen LogP contribution in [0.3, 0.4) is 0 Å². The topological polar surface area (TPSA) is 25.2 Å². The normalized spacial score (nSPS) is 20.1. The summed E-state index contributed by atoms with van der Waals surface area (Å²) in [6.45, 7) is 2.16. The van der Waals surface area contributed by atoms with Gasteiger partial charge in [-0.2, -0.15) is 0 Å². The zero-order chi connectivity index (χ0) is 13.4. The van der Waals surface area contributed by atoms with E-state index in [4.69, 9.17) is 11.6 Å². The Balaban J connectivity index is 2.01. The van der Waals surface area contributed by atoms with Gasteiger partial charge in [-0.1, -0.05) is 29.8 Å². The Hall–Kier alpha value is -1.25. The van der Waals surface area contributed by atoms with Crippen LogP contribution in [0.1, 0.15) is 48.7 Å². The van der Waals surface area contributed by atoms with Gasteiger partial charge in [0, 0.05) is 22.5 Å². The standard InChI is InChI=1S/C16H18ClNO/c1-11(12-5-2-3-6-14(12)17)18-10-9-13-15(18)7-4-8-16(13)19/h2-3,5-6,9-11,16,19H,4,7-8H2,1H3. The Morgan fingerprint density at radius 2 is 2.11 bits per heavy atom. The van der Waals surface area contributed by atoms with Crippen molar-refractivity contribution in [3.05, 3.63) is 58.4 Å². The fourth-order valence-electron chi connectivity index (χ4n) is 3.02. The summed E-state index contributed by atoms with van der Waals surface area (Å²) >= 11 is 6.29. The van der Waals surface area contributed by atoms with Crippen molar-refractivity contribution >= 4 is 11.6 Å². The molecule has 19 heavy (non-hydrogen) atoms. The van der Waals surface area contributed by atoms with Gasteiger partial charge in [-0.25, -0.2) is 0 Å². The Morgan fingerprint density at radius 1 is 1.32 bits per heavy atom. The van der Waals surface area contributed by atoms with Crippen LogP contribution in [-0.2, 0) is 6.42 Å². The molecule has 1 aromatic heterocycles. The number of hydrogen-bond donors (Lipinski definition) is 1. The van der Waals surface area contributed by atoms with Gasteiger partial charge in [0.2, 0.25) is 0 Å². The van der Waals surface area contributed by atoms with Crippen molar-refractivity contribution < 1.29 is 5.11 Å². The van der Waals surface area contributed by atoms with E-state index >= 15 is 0 Å². The van der Waals surface area contributed by atoms with Crippen LogP contribution in [0.15, 0.2) is 36.5 Å². The number of fused-ring (bicyclic) bond motifs is 1. The lowest BCUT2D eigenvalue weighted by Crippen LogP contribution is -2.15. The molecule has 100 valence electrons. The summed E-state index contributed by atoms with van der Waals surface area (Å²) in [7, 11) is 0. The summed E-state index contributed by atoms with van der Waals surface area (Å²) < 4.78 is 2.25. The number of aliphatic hydroxyl groups is 1. The predicted octanol–water partition coefficient (Wildman–Crippen LogP) is 4.12. The molecule has 0 saturated heterocycles. The van der Waals surface area contributed by atoms with E-state index in [0.29, 0.717) is 0 Å². The largest absolute Gasteiger partial charge is 0.388 e. The molecular formula is C16H18ClNO. The van der Waals surface area contributed by atoms with E-state index in [-0.39, 0.29) is 12.1 Å². The van der Waals surface area contributed by atoms with Gasteiger partial charge in [0.15, 0.2) is 0 Å². The first kappa shape index (κ1) is 12.8. The molecule has 0 spiro atoms. The summed E-state index contributed by atoms with van der Waals surface area (Å²) in [6.07, 6.45) is 4.73. The summed E-state index contributed by atoms with van der Waals surface area (Å²) in [6, 6.07) is 10.2. The van der Waals surface area contributed by atoms with E-state index in [0.717, 1.165) is 35.4 Å². The number of hydrogen-bond acceptors (Lipinski definition) is 1. The first-order chi connectivity index (χ1) is 9.18. The van der Waals surface area contributed by atoms with Gasteiger partial charge < -0.3 is 9.67 Å². The highest BCUT2D eigenvalue weighted by Crippen LogP contribution is 2.34. The third kappa shape index (κ3) is 2.19. The Kier molecular flexibility index (Phi) is 3.38. The molecule has 0 radical (unpaired) electrons. The minimum atomic E-state index is -0.302. The second-order valence-electron chi connectivity index (χ2n) is 5.23. The van der Waals surface area contributed by atoms with Gasteiger partial charge >= 0.3 is 0 Å². The zero-order valence-electron chi connectivity index (χ0n) is 11.0. The molecule has 0 fully saturated rings. The summed E-state index contributed by atoms with van der Waals surface area (Å²) in [4.78, 5) is 0. The number of aromatic nitrogens is 1. The Bertz CT molecular complexity index is 590. The molecule has 2 aromatic rings. The highest BCUT2D eigenvalue weighted by atomic mass is 35.5. The van der Waals surface area contributed by atoms with Gasteiger partial charge in [0.25, 0.3) is 0 Å². The minimum absolute atomic E-state index is 0.197. The average Bonchev–Trinajstić information content (AvgIpc) is 2.84. The van der Waals surface area contributed by atoms with Crippen molar-refractivity contribution in [2.24, 2.45) is 0 Å². The second kappa shape index (κ2) is 5.03. The van der Waals surface area contributed by atoms with Crippen molar-refractivity contribution in [1.29, 1.82) is 0 Å². The van der Waals surface area contributed by atoms with Crippen molar-refractivity contribution in [1.82, 2.24) is 4.57 Å². The molecule has 0 saturated carbocycles. The molecule has 3 rings (SSSR count). The number of halogens is 1. The Morgan fingerprint density at radius 3 is 2.89 bits per heavy atom. The molecule has 1 aliphatic carbocycles. The third-order valence-corrected chi connectivity index (χ3v) is 4.43. The molecule has 2 nitrogen and oxygen atoms in total. The molecule has 3 heteroatoms. The maximum Gasteiger partial charge on any atom is 0.0807 e. The van der Waals surface area contributed by atoms with E-state index in [1.165, 1.54) is 5.69 Å². The molecule has 0 aliphatic heterocycles. The van der Waals surface area contributed by atoms with Gasteiger partial charge in [-0.05, 0) is 43.9 Å². The van der Waals surface area contributed by atoms with Crippen LogP contribution in [0.5, 0.6) is 0 Å². The molecule has 0 amide bonds. The van der Waals surface area contributed by atoms with Crippen LogP contribution in [0.4, 0.5) is 0 Å². The van der Waals surface area contributed by atoms with Crippen molar-refractivity contribution in [3.63, 3.8) is 0 Å². The van der Waals surface area contributed by atoms with Crippen LogP contribution in [0.25, 0.3) is 0 Å². The molecule has 2 atom stereocenters. The molecular weight excluding hydrogens is 258 g/mol. The van der Waals surface area contributed by atoms with Crippen molar-refractivity contribution in [2.45, 2.75) is 38.3 Å². The van der Waals surface area contributed by atoms with Crippen LogP contribution < -0.4 is 0 Å². The first-order valence-electron chi connectivity index (χ1n) is 6.80. The molecule has 2 unspecified atom stereocenters. The number of rotatable bonds is 2. The van der Waals surface area contributed by atoms with Crippen molar-refractivity contribution in [2.75, 3.05) is 0 Å². The van der Waals surface area contributed by atoms with E-state index < -0.39 is 0 Å². The highest BCUT2D eigenvalue weighted by Gasteiger charge is 2.23. The van der Waals surface area contributed by atoms with Crippen LogP contribution in [0.2, 0.25) is 5.02 Å². The summed E-state index contributed by atoms with van der Waals surface area (Å²) in [5.74, 6) is 0. The Labute approximate surface area is 118 Å². The zero-order valence-corrected chi connectivity index (χ0v) is 11.8. The van der Waals surface area contributed by atoms with Gasteiger partial charge in [0.05, 0.1) is 12.1 Å². The molecule has 1 aromatic carbocycles. The van der Waals surface area contributed by atoms with Gasteiger partial charge in [-0.15, -0.1) is 0 Å².